The number of hydrogen-bond donors (Lipinski definition) is 1. The van der Waals surface area contributed by atoms with E-state index >= 15 is 0 Å². The van der Waals surface area contributed by atoms with Gasteiger partial charge in [0.2, 0.25) is 0 Å². The molecule has 2 nitrogen and oxygen atoms in total. The van der Waals surface area contributed by atoms with Crippen LogP contribution in [0.5, 0.6) is 0 Å². The van der Waals surface area contributed by atoms with Crippen molar-refractivity contribution in [1.29, 1.82) is 0 Å². The summed E-state index contributed by atoms with van der Waals surface area (Å²) in [5.41, 5.74) is -0.678. The molecule has 0 heterocycles. The fourth-order valence-corrected chi connectivity index (χ4v) is 4.94. The third kappa shape index (κ3) is 4.97. The molecule has 23 heavy (non-hydrogen) atoms. The molecule has 0 aromatic heterocycles. The van der Waals surface area contributed by atoms with E-state index in [4.69, 9.17) is 0 Å². The summed E-state index contributed by atoms with van der Waals surface area (Å²) in [6, 6.07) is 1.50. The van der Waals surface area contributed by atoms with Crippen LogP contribution in [0, 0.1) is 11.8 Å². The highest BCUT2D eigenvalue weighted by Crippen LogP contribution is 2.30. The minimum atomic E-state index is -0.678. The Kier molecular flexibility index (Phi) is 6.43. The maximum Gasteiger partial charge on any atom is 0.125 e. The van der Waals surface area contributed by atoms with Gasteiger partial charge in [0.1, 0.15) is 5.60 Å². The van der Waals surface area contributed by atoms with Crippen molar-refractivity contribution in [3.63, 3.8) is 0 Å². The Balaban J connectivity index is 1.63. The molecule has 0 amide bonds. The lowest BCUT2D eigenvalue weighted by Crippen LogP contribution is -2.45. The van der Waals surface area contributed by atoms with Crippen LogP contribution in [0.1, 0.15) is 96.3 Å². The van der Waals surface area contributed by atoms with Crippen molar-refractivity contribution in [3.05, 3.63) is 0 Å². The number of aliphatic hydroxyl groups is 1. The zero-order valence-corrected chi connectivity index (χ0v) is 14.9. The smallest absolute Gasteiger partial charge is 0.125 e. The van der Waals surface area contributed by atoms with Crippen molar-refractivity contribution in [1.82, 2.24) is 4.90 Å². The van der Waals surface area contributed by atoms with Gasteiger partial charge in [0.05, 0.1) is 6.54 Å². The minimum Gasteiger partial charge on any atom is -0.378 e. The van der Waals surface area contributed by atoms with Crippen LogP contribution >= 0.6 is 0 Å². The lowest BCUT2D eigenvalue weighted by molar-refractivity contribution is 0.0602. The summed E-state index contributed by atoms with van der Waals surface area (Å²) in [6.07, 6.45) is 19.2. The summed E-state index contributed by atoms with van der Waals surface area (Å²) < 4.78 is 0. The maximum atomic E-state index is 10.6. The molecular weight excluding hydrogens is 282 g/mol. The molecular formula is C21H35NO. The number of rotatable bonds is 3. The highest BCUT2D eigenvalue weighted by Gasteiger charge is 2.29. The average molecular weight is 318 g/mol. The first-order valence-electron chi connectivity index (χ1n) is 10.2. The summed E-state index contributed by atoms with van der Waals surface area (Å²) in [6.45, 7) is 0.887. The van der Waals surface area contributed by atoms with Crippen LogP contribution in [-0.2, 0) is 0 Å². The SMILES string of the molecule is OC1(C#CCN(C2CCCCC2)C2CCCCC2)CCCCC1. The topological polar surface area (TPSA) is 23.5 Å². The van der Waals surface area contributed by atoms with Crippen LogP contribution in [-0.4, -0.2) is 34.2 Å². The van der Waals surface area contributed by atoms with Crippen molar-refractivity contribution >= 4 is 0 Å². The second-order valence-corrected chi connectivity index (χ2v) is 8.15. The van der Waals surface area contributed by atoms with Crippen molar-refractivity contribution in [3.8, 4) is 11.8 Å². The van der Waals surface area contributed by atoms with Gasteiger partial charge in [-0.2, -0.15) is 0 Å². The average Bonchev–Trinajstić information content (AvgIpc) is 2.61. The highest BCUT2D eigenvalue weighted by molar-refractivity contribution is 5.16. The Bertz CT molecular complexity index is 385. The first-order chi connectivity index (χ1) is 11.3. The van der Waals surface area contributed by atoms with Gasteiger partial charge in [0.15, 0.2) is 0 Å². The monoisotopic (exact) mass is 317 g/mol. The zero-order valence-electron chi connectivity index (χ0n) is 14.9. The summed E-state index contributed by atoms with van der Waals surface area (Å²) in [4.78, 5) is 2.73. The molecule has 3 aliphatic carbocycles. The van der Waals surface area contributed by atoms with E-state index < -0.39 is 5.60 Å². The summed E-state index contributed by atoms with van der Waals surface area (Å²) in [5, 5.41) is 10.6. The van der Waals surface area contributed by atoms with Crippen molar-refractivity contribution in [2.75, 3.05) is 6.54 Å². The Morgan fingerprint density at radius 3 is 1.74 bits per heavy atom. The van der Waals surface area contributed by atoms with Gasteiger partial charge in [-0.3, -0.25) is 4.90 Å². The van der Waals surface area contributed by atoms with Crippen molar-refractivity contribution < 1.29 is 5.11 Å². The molecule has 0 atom stereocenters. The van der Waals surface area contributed by atoms with E-state index in [1.54, 1.807) is 0 Å². The predicted octanol–water partition coefficient (Wildman–Crippen LogP) is 4.65. The van der Waals surface area contributed by atoms with E-state index in [2.05, 4.69) is 16.7 Å². The normalized spacial score (nSPS) is 26.7. The molecule has 0 aliphatic heterocycles. The first-order valence-corrected chi connectivity index (χ1v) is 10.2. The van der Waals surface area contributed by atoms with Gasteiger partial charge in [-0.15, -0.1) is 0 Å². The van der Waals surface area contributed by atoms with E-state index in [-0.39, 0.29) is 0 Å². The molecule has 3 rings (SSSR count). The van der Waals surface area contributed by atoms with Crippen LogP contribution in [0.3, 0.4) is 0 Å². The summed E-state index contributed by atoms with van der Waals surface area (Å²) in [5.74, 6) is 6.69. The van der Waals surface area contributed by atoms with Crippen LogP contribution in [0.2, 0.25) is 0 Å². The van der Waals surface area contributed by atoms with Crippen LogP contribution in [0.4, 0.5) is 0 Å². The van der Waals surface area contributed by atoms with Gasteiger partial charge in [0, 0.05) is 12.1 Å². The molecule has 130 valence electrons. The molecule has 0 aromatic rings. The number of nitrogens with zero attached hydrogens (tertiary/aromatic N) is 1. The van der Waals surface area contributed by atoms with Gasteiger partial charge in [0.25, 0.3) is 0 Å². The molecule has 3 saturated carbocycles. The second-order valence-electron chi connectivity index (χ2n) is 8.15. The quantitative estimate of drug-likeness (QED) is 0.766. The molecule has 3 fully saturated rings. The highest BCUT2D eigenvalue weighted by atomic mass is 16.3. The van der Waals surface area contributed by atoms with Gasteiger partial charge in [-0.25, -0.2) is 0 Å². The Labute approximate surface area is 143 Å². The molecule has 0 unspecified atom stereocenters. The maximum absolute atomic E-state index is 10.6. The minimum absolute atomic E-state index is 0.678. The molecule has 1 N–H and O–H groups in total. The molecule has 0 saturated heterocycles. The molecule has 3 aliphatic rings. The van der Waals surface area contributed by atoms with Crippen LogP contribution in [0.15, 0.2) is 0 Å². The molecule has 0 bridgehead atoms. The third-order valence-electron chi connectivity index (χ3n) is 6.35. The lowest BCUT2D eigenvalue weighted by Gasteiger charge is -2.40. The second kappa shape index (κ2) is 8.54. The fraction of sp³-hybridized carbons (Fsp3) is 0.905. The first kappa shape index (κ1) is 17.3. The largest absolute Gasteiger partial charge is 0.378 e. The number of hydrogen-bond acceptors (Lipinski definition) is 2. The Morgan fingerprint density at radius 1 is 0.739 bits per heavy atom. The summed E-state index contributed by atoms with van der Waals surface area (Å²) in [7, 11) is 0. The van der Waals surface area contributed by atoms with Gasteiger partial charge in [-0.1, -0.05) is 56.8 Å². The third-order valence-corrected chi connectivity index (χ3v) is 6.35. The molecule has 2 heteroatoms. The van der Waals surface area contributed by atoms with Gasteiger partial charge in [-0.05, 0) is 51.4 Å². The standard InChI is InChI=1S/C21H35NO/c23-21(15-8-3-9-16-21)17-10-18-22(19-11-4-1-5-12-19)20-13-6-2-7-14-20/h19-20,23H,1-9,11-16,18H2. The predicted molar refractivity (Wildman–Crippen MR) is 96.3 cm³/mol. The van der Waals surface area contributed by atoms with Crippen molar-refractivity contribution in [2.45, 2.75) is 114 Å². The summed E-state index contributed by atoms with van der Waals surface area (Å²) >= 11 is 0. The molecule has 0 aromatic carbocycles. The van der Waals surface area contributed by atoms with Gasteiger partial charge >= 0.3 is 0 Å². The molecule has 0 radical (unpaired) electrons. The fourth-order valence-electron chi connectivity index (χ4n) is 4.94. The van der Waals surface area contributed by atoms with E-state index in [9.17, 15) is 5.11 Å². The van der Waals surface area contributed by atoms with Crippen LogP contribution in [0.25, 0.3) is 0 Å². The zero-order chi connectivity index (χ0) is 16.0. The Hall–Kier alpha value is -0.520. The van der Waals surface area contributed by atoms with E-state index in [0.717, 1.165) is 44.3 Å². The van der Waals surface area contributed by atoms with E-state index in [0.29, 0.717) is 0 Å². The van der Waals surface area contributed by atoms with E-state index in [1.807, 2.05) is 0 Å². The van der Waals surface area contributed by atoms with Gasteiger partial charge < -0.3 is 5.11 Å². The Morgan fingerprint density at radius 2 is 1.22 bits per heavy atom. The van der Waals surface area contributed by atoms with Crippen molar-refractivity contribution in [2.24, 2.45) is 0 Å². The van der Waals surface area contributed by atoms with Crippen LogP contribution < -0.4 is 0 Å². The lowest BCUT2D eigenvalue weighted by atomic mass is 9.85. The molecule has 0 spiro atoms. The van der Waals surface area contributed by atoms with E-state index in [1.165, 1.54) is 70.6 Å².